The summed E-state index contributed by atoms with van der Waals surface area (Å²) in [6.07, 6.45) is -1.63. The van der Waals surface area contributed by atoms with Crippen molar-refractivity contribution in [2.75, 3.05) is 11.9 Å². The average Bonchev–Trinajstić information content (AvgIpc) is 2.81. The Bertz CT molecular complexity index is 1160. The Kier molecular flexibility index (Phi) is 11.0. The van der Waals surface area contributed by atoms with Crippen molar-refractivity contribution >= 4 is 46.9 Å². The maximum atomic E-state index is 13.0. The van der Waals surface area contributed by atoms with Gasteiger partial charge in [0.05, 0.1) is 22.7 Å². The number of benzene rings is 2. The van der Waals surface area contributed by atoms with Gasteiger partial charge < -0.3 is 30.7 Å². The van der Waals surface area contributed by atoms with Gasteiger partial charge in [-0.3, -0.25) is 4.79 Å². The molecule has 2 aromatic rings. The number of alkyl carbamates (subject to hydrolysis) is 1. The van der Waals surface area contributed by atoms with Crippen LogP contribution < -0.4 is 16.0 Å². The molecule has 214 valence electrons. The second-order valence-corrected chi connectivity index (χ2v) is 11.8. The van der Waals surface area contributed by atoms with Crippen molar-refractivity contribution in [3.8, 4) is 0 Å². The summed E-state index contributed by atoms with van der Waals surface area (Å²) in [6, 6.07) is 11.3. The number of aliphatic hydroxyl groups is 1. The van der Waals surface area contributed by atoms with E-state index < -0.39 is 23.3 Å². The summed E-state index contributed by atoms with van der Waals surface area (Å²) in [5.41, 5.74) is 0.0454. The third kappa shape index (κ3) is 10.2. The molecule has 0 aliphatic rings. The van der Waals surface area contributed by atoms with Gasteiger partial charge in [0.1, 0.15) is 11.1 Å². The molecule has 0 spiro atoms. The van der Waals surface area contributed by atoms with Gasteiger partial charge in [-0.2, -0.15) is 0 Å². The van der Waals surface area contributed by atoms with Crippen LogP contribution in [-0.4, -0.2) is 51.8 Å². The number of urea groups is 1. The molecular formula is C28H38Cl2N4O5. The summed E-state index contributed by atoms with van der Waals surface area (Å²) in [4.78, 5) is 39.2. The summed E-state index contributed by atoms with van der Waals surface area (Å²) in [7, 11) is 0. The number of nitrogens with one attached hydrogen (secondary N) is 3. The lowest BCUT2D eigenvalue weighted by Gasteiger charge is -2.29. The zero-order valence-corrected chi connectivity index (χ0v) is 24.9. The highest BCUT2D eigenvalue weighted by Gasteiger charge is 2.31. The number of carbonyl (C=O) groups is 3. The normalized spacial score (nSPS) is 12.5. The van der Waals surface area contributed by atoms with E-state index in [4.69, 9.17) is 27.9 Å². The highest BCUT2D eigenvalue weighted by Crippen LogP contribution is 2.26. The van der Waals surface area contributed by atoms with Crippen LogP contribution in [0.1, 0.15) is 65.7 Å². The van der Waals surface area contributed by atoms with Gasteiger partial charge >= 0.3 is 12.1 Å². The van der Waals surface area contributed by atoms with Crippen molar-refractivity contribution in [1.82, 2.24) is 15.5 Å². The Hall–Kier alpha value is -3.01. The SMILES string of the molecule is CC(C)N(CC(O)c1ccc(Cl)c(Cl)c1)C(=O)Nc1ccc(CNC(=O)C(C)(C)NC(=O)OC(C)(C)C)cc1. The molecule has 0 saturated carbocycles. The molecule has 9 nitrogen and oxygen atoms in total. The van der Waals surface area contributed by atoms with Crippen molar-refractivity contribution < 1.29 is 24.2 Å². The fourth-order valence-corrected chi connectivity index (χ4v) is 3.77. The lowest BCUT2D eigenvalue weighted by molar-refractivity contribution is -0.126. The molecule has 0 fully saturated rings. The zero-order valence-electron chi connectivity index (χ0n) is 23.4. The zero-order chi connectivity index (χ0) is 29.5. The molecule has 0 aromatic heterocycles. The van der Waals surface area contributed by atoms with E-state index in [-0.39, 0.29) is 31.1 Å². The van der Waals surface area contributed by atoms with Crippen LogP contribution in [0.4, 0.5) is 15.3 Å². The van der Waals surface area contributed by atoms with E-state index >= 15 is 0 Å². The molecule has 1 unspecified atom stereocenters. The molecule has 39 heavy (non-hydrogen) atoms. The van der Waals surface area contributed by atoms with Gasteiger partial charge in [0.15, 0.2) is 0 Å². The standard InChI is InChI=1S/C28H38Cl2N4O5/c1-17(2)34(16-23(35)19-10-13-21(29)22(30)14-19)25(37)32-20-11-8-18(9-12-20)15-31-24(36)28(6,7)33-26(38)39-27(3,4)5/h8-14,17,23,35H,15-16H2,1-7H3,(H,31,36)(H,32,37)(H,33,38). The van der Waals surface area contributed by atoms with E-state index in [2.05, 4.69) is 16.0 Å². The van der Waals surface area contributed by atoms with Crippen LogP contribution in [0.5, 0.6) is 0 Å². The highest BCUT2D eigenvalue weighted by atomic mass is 35.5. The van der Waals surface area contributed by atoms with Gasteiger partial charge in [0.2, 0.25) is 5.91 Å². The third-order valence-corrected chi connectivity index (χ3v) is 6.36. The number of rotatable bonds is 9. The first-order valence-corrected chi connectivity index (χ1v) is 13.3. The monoisotopic (exact) mass is 580 g/mol. The van der Waals surface area contributed by atoms with Gasteiger partial charge in [-0.1, -0.05) is 41.4 Å². The van der Waals surface area contributed by atoms with Crippen LogP contribution in [0.15, 0.2) is 42.5 Å². The molecule has 4 N–H and O–H groups in total. The fraction of sp³-hybridized carbons (Fsp3) is 0.464. The van der Waals surface area contributed by atoms with Crippen molar-refractivity contribution in [2.45, 2.75) is 78.3 Å². The Balaban J connectivity index is 1.95. The lowest BCUT2D eigenvalue weighted by Crippen LogP contribution is -2.55. The number of halogens is 2. The quantitative estimate of drug-likeness (QED) is 0.295. The molecule has 2 aromatic carbocycles. The van der Waals surface area contributed by atoms with Crippen LogP contribution in [0.2, 0.25) is 10.0 Å². The number of ether oxygens (including phenoxy) is 1. The van der Waals surface area contributed by atoms with Crippen LogP contribution >= 0.6 is 23.2 Å². The first-order chi connectivity index (χ1) is 18.0. The lowest BCUT2D eigenvalue weighted by atomic mass is 10.0. The Morgan fingerprint density at radius 2 is 1.59 bits per heavy atom. The van der Waals surface area contributed by atoms with Crippen LogP contribution in [0, 0.1) is 0 Å². The number of hydrogen-bond acceptors (Lipinski definition) is 5. The van der Waals surface area contributed by atoms with E-state index in [0.717, 1.165) is 5.56 Å². The number of hydrogen-bond donors (Lipinski definition) is 4. The number of nitrogens with zero attached hydrogens (tertiary/aromatic N) is 1. The second kappa shape index (κ2) is 13.4. The third-order valence-electron chi connectivity index (χ3n) is 5.62. The molecule has 0 saturated heterocycles. The Morgan fingerprint density at radius 3 is 2.13 bits per heavy atom. The van der Waals surface area contributed by atoms with Gasteiger partial charge in [0, 0.05) is 18.3 Å². The van der Waals surface area contributed by atoms with Crippen molar-refractivity contribution in [3.63, 3.8) is 0 Å². The van der Waals surface area contributed by atoms with Crippen LogP contribution in [-0.2, 0) is 16.1 Å². The van der Waals surface area contributed by atoms with Crippen molar-refractivity contribution in [3.05, 3.63) is 63.6 Å². The first-order valence-electron chi connectivity index (χ1n) is 12.6. The van der Waals surface area contributed by atoms with E-state index in [9.17, 15) is 19.5 Å². The summed E-state index contributed by atoms with van der Waals surface area (Å²) in [5.74, 6) is -0.376. The minimum atomic E-state index is -1.18. The smallest absolute Gasteiger partial charge is 0.408 e. The summed E-state index contributed by atoms with van der Waals surface area (Å²) in [6.45, 7) is 12.4. The Morgan fingerprint density at radius 1 is 0.974 bits per heavy atom. The van der Waals surface area contributed by atoms with Crippen molar-refractivity contribution in [1.29, 1.82) is 0 Å². The van der Waals surface area contributed by atoms with E-state index in [0.29, 0.717) is 21.3 Å². The predicted octanol–water partition coefficient (Wildman–Crippen LogP) is 5.89. The molecule has 1 atom stereocenters. The topological polar surface area (TPSA) is 120 Å². The largest absolute Gasteiger partial charge is 0.444 e. The maximum absolute atomic E-state index is 13.0. The fourth-order valence-electron chi connectivity index (χ4n) is 3.46. The molecule has 0 radical (unpaired) electrons. The summed E-state index contributed by atoms with van der Waals surface area (Å²) < 4.78 is 5.22. The summed E-state index contributed by atoms with van der Waals surface area (Å²) in [5, 5.41) is 19.6. The second-order valence-electron chi connectivity index (χ2n) is 11.0. The molecule has 0 bridgehead atoms. The molecule has 0 aliphatic carbocycles. The number of amides is 4. The van der Waals surface area contributed by atoms with Crippen LogP contribution in [0.25, 0.3) is 0 Å². The highest BCUT2D eigenvalue weighted by molar-refractivity contribution is 6.42. The van der Waals surface area contributed by atoms with E-state index in [1.54, 1.807) is 77.1 Å². The molecule has 0 aliphatic heterocycles. The maximum Gasteiger partial charge on any atom is 0.408 e. The average molecular weight is 582 g/mol. The minimum absolute atomic E-state index is 0.0543. The van der Waals surface area contributed by atoms with Crippen LogP contribution in [0.3, 0.4) is 0 Å². The number of carbonyl (C=O) groups excluding carboxylic acids is 3. The molecule has 2 rings (SSSR count). The van der Waals surface area contributed by atoms with Gasteiger partial charge in [0.25, 0.3) is 0 Å². The Labute approximate surface area is 240 Å². The molecular weight excluding hydrogens is 543 g/mol. The van der Waals surface area contributed by atoms with E-state index in [1.165, 1.54) is 4.90 Å². The van der Waals surface area contributed by atoms with Gasteiger partial charge in [-0.05, 0) is 83.9 Å². The molecule has 4 amide bonds. The van der Waals surface area contributed by atoms with Gasteiger partial charge in [-0.15, -0.1) is 0 Å². The van der Waals surface area contributed by atoms with E-state index in [1.807, 2.05) is 13.8 Å². The molecule has 11 heteroatoms. The minimum Gasteiger partial charge on any atom is -0.444 e. The predicted molar refractivity (Wildman–Crippen MR) is 154 cm³/mol. The van der Waals surface area contributed by atoms with Crippen molar-refractivity contribution in [2.24, 2.45) is 0 Å². The van der Waals surface area contributed by atoms with Gasteiger partial charge in [-0.25, -0.2) is 9.59 Å². The number of anilines is 1. The summed E-state index contributed by atoms with van der Waals surface area (Å²) >= 11 is 12.0. The number of aliphatic hydroxyl groups excluding tert-OH is 1. The molecule has 0 heterocycles. The first kappa shape index (κ1) is 32.2.